The lowest BCUT2D eigenvalue weighted by molar-refractivity contribution is 0.150. The molecule has 0 radical (unpaired) electrons. The Morgan fingerprint density at radius 2 is 2.21 bits per heavy atom. The van der Waals surface area contributed by atoms with E-state index in [4.69, 9.17) is 11.6 Å². The molecular weight excluding hydrogens is 324 g/mol. The molecule has 3 rings (SSSR count). The second-order valence-electron chi connectivity index (χ2n) is 5.69. The number of carbonyl (C=O) groups excluding carboxylic acids is 1. The lowest BCUT2D eigenvalue weighted by Gasteiger charge is -2.31. The average Bonchev–Trinajstić information content (AvgIpc) is 3.01. The zero-order chi connectivity index (χ0) is 17.1. The minimum Gasteiger partial charge on any atom is -0.328 e. The van der Waals surface area contributed by atoms with Crippen molar-refractivity contribution in [3.05, 3.63) is 52.6 Å². The van der Waals surface area contributed by atoms with Crippen LogP contribution in [0.1, 0.15) is 24.0 Å². The Kier molecular flexibility index (Phi) is 4.77. The van der Waals surface area contributed by atoms with E-state index in [9.17, 15) is 4.79 Å². The third kappa shape index (κ3) is 3.39. The van der Waals surface area contributed by atoms with Gasteiger partial charge in [-0.05, 0) is 31.0 Å². The summed E-state index contributed by atoms with van der Waals surface area (Å²) in [5.74, 6) is 7.14. The molecule has 2 aromatic rings. The highest BCUT2D eigenvalue weighted by atomic mass is 35.5. The summed E-state index contributed by atoms with van der Waals surface area (Å²) in [5.41, 5.74) is 1.73. The summed E-state index contributed by atoms with van der Waals surface area (Å²) >= 11 is 5.98. The number of urea groups is 1. The molecule has 1 aromatic carbocycles. The zero-order valence-corrected chi connectivity index (χ0v) is 14.5. The molecule has 0 saturated carbocycles. The van der Waals surface area contributed by atoms with Gasteiger partial charge in [-0.15, -0.1) is 0 Å². The van der Waals surface area contributed by atoms with Crippen LogP contribution in [0.5, 0.6) is 0 Å². The van der Waals surface area contributed by atoms with Crippen LogP contribution in [0.4, 0.5) is 4.79 Å². The maximum Gasteiger partial charge on any atom is 0.320 e. The van der Waals surface area contributed by atoms with Crippen LogP contribution in [0, 0.1) is 11.8 Å². The molecule has 0 N–H and O–H groups in total. The number of fused-ring (bicyclic) bond motifs is 1. The van der Waals surface area contributed by atoms with Crippen molar-refractivity contribution < 1.29 is 4.79 Å². The lowest BCUT2D eigenvalue weighted by Crippen LogP contribution is -2.45. The second-order valence-corrected chi connectivity index (χ2v) is 6.13. The van der Waals surface area contributed by atoms with Crippen LogP contribution < -0.4 is 0 Å². The van der Waals surface area contributed by atoms with Crippen molar-refractivity contribution in [1.29, 1.82) is 0 Å². The van der Waals surface area contributed by atoms with Gasteiger partial charge in [-0.1, -0.05) is 23.6 Å². The van der Waals surface area contributed by atoms with Gasteiger partial charge in [0, 0.05) is 37.3 Å². The van der Waals surface area contributed by atoms with Gasteiger partial charge in [0.15, 0.2) is 0 Å². The molecule has 0 fully saturated rings. The first-order chi connectivity index (χ1) is 11.6. The van der Waals surface area contributed by atoms with Crippen LogP contribution in [0.25, 0.3) is 0 Å². The first-order valence-electron chi connectivity index (χ1n) is 7.90. The fourth-order valence-electron chi connectivity index (χ4n) is 2.60. The number of hydrogen-bond donors (Lipinski definition) is 0. The minimum absolute atomic E-state index is 0.0401. The Labute approximate surface area is 146 Å². The molecule has 5 nitrogen and oxygen atoms in total. The normalized spacial score (nSPS) is 13.0. The molecule has 2 heterocycles. The van der Waals surface area contributed by atoms with Crippen LogP contribution in [-0.4, -0.2) is 45.5 Å². The molecule has 1 aliphatic rings. The van der Waals surface area contributed by atoms with Gasteiger partial charge in [0.05, 0.1) is 12.7 Å². The van der Waals surface area contributed by atoms with Gasteiger partial charge >= 0.3 is 6.03 Å². The third-order valence-electron chi connectivity index (χ3n) is 4.09. The largest absolute Gasteiger partial charge is 0.328 e. The van der Waals surface area contributed by atoms with E-state index in [-0.39, 0.29) is 6.03 Å². The van der Waals surface area contributed by atoms with Crippen molar-refractivity contribution in [3.8, 4) is 11.8 Å². The number of nitrogens with zero attached hydrogens (tertiary/aromatic N) is 4. The van der Waals surface area contributed by atoms with E-state index in [0.29, 0.717) is 31.2 Å². The van der Waals surface area contributed by atoms with Gasteiger partial charge in [0.25, 0.3) is 0 Å². The van der Waals surface area contributed by atoms with Crippen LogP contribution in [0.15, 0.2) is 30.5 Å². The molecule has 0 atom stereocenters. The Morgan fingerprint density at radius 3 is 2.96 bits per heavy atom. The Morgan fingerprint density at radius 1 is 1.38 bits per heavy atom. The molecular formula is C18H19ClN4O. The molecule has 0 bridgehead atoms. The second kappa shape index (κ2) is 6.98. The number of carbonyl (C=O) groups is 1. The fraction of sp³-hybridized carbons (Fsp3) is 0.333. The fourth-order valence-corrected chi connectivity index (χ4v) is 2.79. The number of hydrogen-bond acceptors (Lipinski definition) is 2. The molecule has 24 heavy (non-hydrogen) atoms. The highest BCUT2D eigenvalue weighted by molar-refractivity contribution is 6.30. The van der Waals surface area contributed by atoms with E-state index >= 15 is 0 Å². The average molecular weight is 343 g/mol. The standard InChI is InChI=1S/C18H19ClN4O/c1-3-21(2)18(24)22-9-10-23-16(12-20-17(23)13-22)8-7-14-5-4-6-15(19)11-14/h4-6,11-12H,3,9-10,13H2,1-2H3. The van der Waals surface area contributed by atoms with Gasteiger partial charge in [0.1, 0.15) is 11.5 Å². The third-order valence-corrected chi connectivity index (χ3v) is 4.33. The highest BCUT2D eigenvalue weighted by Gasteiger charge is 2.24. The summed E-state index contributed by atoms with van der Waals surface area (Å²) in [7, 11) is 1.81. The van der Waals surface area contributed by atoms with Crippen molar-refractivity contribution >= 4 is 17.6 Å². The number of halogens is 1. The van der Waals surface area contributed by atoms with E-state index in [1.807, 2.05) is 43.1 Å². The van der Waals surface area contributed by atoms with Crippen molar-refractivity contribution in [3.63, 3.8) is 0 Å². The Bertz CT molecular complexity index is 818. The predicted octanol–water partition coefficient (Wildman–Crippen LogP) is 2.82. The molecule has 124 valence electrons. The van der Waals surface area contributed by atoms with Crippen LogP contribution >= 0.6 is 11.6 Å². The van der Waals surface area contributed by atoms with Gasteiger partial charge in [-0.3, -0.25) is 0 Å². The molecule has 1 aromatic heterocycles. The topological polar surface area (TPSA) is 41.4 Å². The zero-order valence-electron chi connectivity index (χ0n) is 13.8. The molecule has 0 spiro atoms. The summed E-state index contributed by atoms with van der Waals surface area (Å²) in [6.07, 6.45) is 1.77. The number of aromatic nitrogens is 2. The monoisotopic (exact) mass is 342 g/mol. The van der Waals surface area contributed by atoms with Gasteiger partial charge in [0.2, 0.25) is 0 Å². The van der Waals surface area contributed by atoms with E-state index in [1.165, 1.54) is 0 Å². The molecule has 0 unspecified atom stereocenters. The van der Waals surface area contributed by atoms with E-state index in [0.717, 1.165) is 17.1 Å². The van der Waals surface area contributed by atoms with E-state index < -0.39 is 0 Å². The van der Waals surface area contributed by atoms with Gasteiger partial charge < -0.3 is 14.4 Å². The predicted molar refractivity (Wildman–Crippen MR) is 93.8 cm³/mol. The SMILES string of the molecule is CCN(C)C(=O)N1CCn2c(C#Cc3cccc(Cl)c3)cnc2C1. The van der Waals surface area contributed by atoms with Crippen LogP contribution in [0.2, 0.25) is 5.02 Å². The van der Waals surface area contributed by atoms with E-state index in [1.54, 1.807) is 11.1 Å². The molecule has 1 aliphatic heterocycles. The maximum atomic E-state index is 12.3. The molecule has 0 aliphatic carbocycles. The summed E-state index contributed by atoms with van der Waals surface area (Å²) in [6.45, 7) is 4.55. The van der Waals surface area contributed by atoms with Gasteiger partial charge in [-0.2, -0.15) is 0 Å². The number of imidazole rings is 1. The van der Waals surface area contributed by atoms with Crippen LogP contribution in [0.3, 0.4) is 0 Å². The summed E-state index contributed by atoms with van der Waals surface area (Å²) in [4.78, 5) is 20.2. The van der Waals surface area contributed by atoms with E-state index in [2.05, 4.69) is 21.4 Å². The van der Waals surface area contributed by atoms with Gasteiger partial charge in [-0.25, -0.2) is 9.78 Å². The number of amides is 2. The van der Waals surface area contributed by atoms with Crippen molar-refractivity contribution in [2.45, 2.75) is 20.0 Å². The first kappa shape index (κ1) is 16.4. The molecule has 6 heteroatoms. The summed E-state index contributed by atoms with van der Waals surface area (Å²) in [6, 6.07) is 7.51. The Balaban J connectivity index is 1.78. The van der Waals surface area contributed by atoms with Crippen molar-refractivity contribution in [2.75, 3.05) is 20.1 Å². The smallest absolute Gasteiger partial charge is 0.320 e. The number of benzene rings is 1. The highest BCUT2D eigenvalue weighted by Crippen LogP contribution is 2.15. The number of rotatable bonds is 1. The first-order valence-corrected chi connectivity index (χ1v) is 8.28. The summed E-state index contributed by atoms with van der Waals surface area (Å²) in [5, 5.41) is 0.673. The van der Waals surface area contributed by atoms with Crippen molar-refractivity contribution in [2.24, 2.45) is 0 Å². The molecule has 0 saturated heterocycles. The quantitative estimate of drug-likeness (QED) is 0.748. The lowest BCUT2D eigenvalue weighted by atomic mass is 10.2. The summed E-state index contributed by atoms with van der Waals surface area (Å²) < 4.78 is 2.08. The van der Waals surface area contributed by atoms with Crippen LogP contribution in [-0.2, 0) is 13.1 Å². The van der Waals surface area contributed by atoms with Crippen molar-refractivity contribution in [1.82, 2.24) is 19.4 Å². The Hall–Kier alpha value is -2.45. The molecule has 2 amide bonds. The maximum absolute atomic E-state index is 12.3. The minimum atomic E-state index is 0.0401.